The van der Waals surface area contributed by atoms with Crippen molar-refractivity contribution in [3.63, 3.8) is 0 Å². The second-order valence-corrected chi connectivity index (χ2v) is 4.95. The summed E-state index contributed by atoms with van der Waals surface area (Å²) in [5.41, 5.74) is 0. The van der Waals surface area contributed by atoms with E-state index in [-0.39, 0.29) is 0 Å². The lowest BCUT2D eigenvalue weighted by Crippen LogP contribution is -2.39. The first kappa shape index (κ1) is 15.5. The van der Waals surface area contributed by atoms with E-state index in [0.717, 1.165) is 37.1 Å². The Balaban J connectivity index is 1.78. The number of aliphatic imine (C=N–C) groups is 1. The molecule has 1 fully saturated rings. The molecule has 0 unspecified atom stereocenters. The normalized spacial score (nSPS) is 15.1. The Morgan fingerprint density at radius 1 is 1.19 bits per heavy atom. The molecule has 1 aromatic rings. The number of hydrogen-bond donors (Lipinski definition) is 1. The summed E-state index contributed by atoms with van der Waals surface area (Å²) in [6.45, 7) is 6.43. The van der Waals surface area contributed by atoms with Crippen LogP contribution in [-0.4, -0.2) is 50.8 Å². The molecule has 1 aromatic carbocycles. The molecular weight excluding hydrogens is 266 g/mol. The van der Waals surface area contributed by atoms with Gasteiger partial charge in [-0.2, -0.15) is 0 Å². The van der Waals surface area contributed by atoms with Crippen LogP contribution in [-0.2, 0) is 0 Å². The quantitative estimate of drug-likeness (QED) is 0.495. The van der Waals surface area contributed by atoms with Crippen LogP contribution in [0.5, 0.6) is 11.5 Å². The van der Waals surface area contributed by atoms with Gasteiger partial charge in [0.2, 0.25) is 0 Å². The van der Waals surface area contributed by atoms with Crippen LogP contribution in [0.2, 0.25) is 0 Å². The van der Waals surface area contributed by atoms with Gasteiger partial charge in [-0.15, -0.1) is 0 Å². The van der Waals surface area contributed by atoms with Crippen LogP contribution < -0.4 is 14.8 Å². The molecule has 116 valence electrons. The number of methoxy groups -OCH3 is 1. The molecule has 0 saturated carbocycles. The molecule has 0 spiro atoms. The van der Waals surface area contributed by atoms with E-state index in [9.17, 15) is 0 Å². The smallest absolute Gasteiger partial charge is 0.194 e. The first-order valence-corrected chi connectivity index (χ1v) is 7.63. The molecular formula is C16H25N3O2. The number of guanidine groups is 1. The van der Waals surface area contributed by atoms with Gasteiger partial charge < -0.3 is 19.7 Å². The molecule has 0 radical (unpaired) electrons. The third-order valence-electron chi connectivity index (χ3n) is 3.42. The summed E-state index contributed by atoms with van der Waals surface area (Å²) in [4.78, 5) is 6.94. The van der Waals surface area contributed by atoms with E-state index in [1.807, 2.05) is 24.3 Å². The number of rotatable bonds is 6. The maximum absolute atomic E-state index is 5.69. The summed E-state index contributed by atoms with van der Waals surface area (Å²) in [6, 6.07) is 7.61. The fraction of sp³-hybridized carbons (Fsp3) is 0.562. The van der Waals surface area contributed by atoms with Crippen LogP contribution in [0.1, 0.15) is 19.8 Å². The predicted molar refractivity (Wildman–Crippen MR) is 85.3 cm³/mol. The maximum Gasteiger partial charge on any atom is 0.194 e. The highest BCUT2D eigenvalue weighted by molar-refractivity contribution is 5.80. The van der Waals surface area contributed by atoms with Crippen molar-refractivity contribution in [1.29, 1.82) is 0 Å². The van der Waals surface area contributed by atoms with Crippen LogP contribution in [0.4, 0.5) is 0 Å². The van der Waals surface area contributed by atoms with Crippen molar-refractivity contribution in [2.75, 3.05) is 39.9 Å². The van der Waals surface area contributed by atoms with Crippen molar-refractivity contribution in [3.8, 4) is 11.5 Å². The second-order valence-electron chi connectivity index (χ2n) is 4.95. The average molecular weight is 291 g/mol. The molecule has 0 aromatic heterocycles. The summed E-state index contributed by atoms with van der Waals surface area (Å²) in [5.74, 6) is 2.69. The molecule has 0 bridgehead atoms. The van der Waals surface area contributed by atoms with Gasteiger partial charge in [-0.25, -0.2) is 4.99 Å². The van der Waals surface area contributed by atoms with E-state index in [1.54, 1.807) is 7.11 Å². The van der Waals surface area contributed by atoms with Gasteiger partial charge in [0.15, 0.2) is 5.96 Å². The zero-order chi connectivity index (χ0) is 14.9. The van der Waals surface area contributed by atoms with Gasteiger partial charge in [-0.1, -0.05) is 0 Å². The number of nitrogens with zero attached hydrogens (tertiary/aromatic N) is 2. The average Bonchev–Trinajstić information content (AvgIpc) is 3.05. The Morgan fingerprint density at radius 2 is 1.86 bits per heavy atom. The lowest BCUT2D eigenvalue weighted by atomic mass is 10.3. The molecule has 1 N–H and O–H groups in total. The van der Waals surface area contributed by atoms with Crippen LogP contribution >= 0.6 is 0 Å². The monoisotopic (exact) mass is 291 g/mol. The summed E-state index contributed by atoms with van der Waals surface area (Å²) in [6.07, 6.45) is 2.51. The highest BCUT2D eigenvalue weighted by atomic mass is 16.5. The maximum atomic E-state index is 5.69. The van der Waals surface area contributed by atoms with Gasteiger partial charge in [0.05, 0.1) is 13.7 Å². The van der Waals surface area contributed by atoms with Crippen LogP contribution in [0.25, 0.3) is 0 Å². The summed E-state index contributed by atoms with van der Waals surface area (Å²) >= 11 is 0. The molecule has 1 saturated heterocycles. The molecule has 1 aliphatic rings. The van der Waals surface area contributed by atoms with E-state index in [4.69, 9.17) is 9.47 Å². The number of likely N-dealkylation sites (tertiary alicyclic amines) is 1. The minimum absolute atomic E-state index is 0.578. The summed E-state index contributed by atoms with van der Waals surface area (Å²) in [5, 5.41) is 3.34. The van der Waals surface area contributed by atoms with Crippen LogP contribution in [0.15, 0.2) is 29.3 Å². The van der Waals surface area contributed by atoms with Gasteiger partial charge >= 0.3 is 0 Å². The lowest BCUT2D eigenvalue weighted by Gasteiger charge is -2.20. The minimum atomic E-state index is 0.578. The molecule has 1 heterocycles. The zero-order valence-electron chi connectivity index (χ0n) is 13.0. The summed E-state index contributed by atoms with van der Waals surface area (Å²) < 4.78 is 10.8. The fourth-order valence-corrected chi connectivity index (χ4v) is 2.34. The second kappa shape index (κ2) is 8.39. The predicted octanol–water partition coefficient (Wildman–Crippen LogP) is 2.14. The Bertz CT molecular complexity index is 439. The van der Waals surface area contributed by atoms with E-state index in [1.165, 1.54) is 12.8 Å². The van der Waals surface area contributed by atoms with Crippen LogP contribution in [0, 0.1) is 0 Å². The first-order chi connectivity index (χ1) is 10.3. The van der Waals surface area contributed by atoms with Crippen molar-refractivity contribution in [1.82, 2.24) is 10.2 Å². The lowest BCUT2D eigenvalue weighted by molar-refractivity contribution is 0.326. The number of benzene rings is 1. The van der Waals surface area contributed by atoms with Gasteiger partial charge in [0.25, 0.3) is 0 Å². The molecule has 0 aliphatic carbocycles. The van der Waals surface area contributed by atoms with Crippen molar-refractivity contribution < 1.29 is 9.47 Å². The van der Waals surface area contributed by atoms with Crippen LogP contribution in [0.3, 0.4) is 0 Å². The topological polar surface area (TPSA) is 46.1 Å². The first-order valence-electron chi connectivity index (χ1n) is 7.63. The third kappa shape index (κ3) is 4.85. The van der Waals surface area contributed by atoms with Crippen molar-refractivity contribution in [3.05, 3.63) is 24.3 Å². The van der Waals surface area contributed by atoms with Gasteiger partial charge in [-0.3, -0.25) is 0 Å². The molecule has 1 aliphatic heterocycles. The fourth-order valence-electron chi connectivity index (χ4n) is 2.34. The minimum Gasteiger partial charge on any atom is -0.497 e. The molecule has 0 amide bonds. The number of nitrogens with one attached hydrogen (secondary N) is 1. The van der Waals surface area contributed by atoms with Gasteiger partial charge in [0, 0.05) is 19.6 Å². The Morgan fingerprint density at radius 3 is 2.48 bits per heavy atom. The Labute approximate surface area is 127 Å². The molecule has 0 atom stereocenters. The Hall–Kier alpha value is -1.91. The molecule has 5 nitrogen and oxygen atoms in total. The largest absolute Gasteiger partial charge is 0.497 e. The van der Waals surface area contributed by atoms with Gasteiger partial charge in [-0.05, 0) is 44.0 Å². The van der Waals surface area contributed by atoms with Crippen molar-refractivity contribution in [2.45, 2.75) is 19.8 Å². The standard InChI is InChI=1S/C16H25N3O2/c1-3-17-16(19-11-4-5-12-19)18-10-13-21-15-8-6-14(20-2)7-9-15/h6-9H,3-5,10-13H2,1-2H3,(H,17,18). The van der Waals surface area contributed by atoms with Gasteiger partial charge in [0.1, 0.15) is 18.1 Å². The third-order valence-corrected chi connectivity index (χ3v) is 3.42. The SMILES string of the molecule is CCNC(=NCCOc1ccc(OC)cc1)N1CCCC1. The molecule has 2 rings (SSSR count). The number of ether oxygens (including phenoxy) is 2. The highest BCUT2D eigenvalue weighted by Gasteiger charge is 2.15. The number of hydrogen-bond acceptors (Lipinski definition) is 3. The van der Waals surface area contributed by atoms with Crippen molar-refractivity contribution in [2.24, 2.45) is 4.99 Å². The summed E-state index contributed by atoms with van der Waals surface area (Å²) in [7, 11) is 1.66. The van der Waals surface area contributed by atoms with E-state index >= 15 is 0 Å². The van der Waals surface area contributed by atoms with E-state index < -0.39 is 0 Å². The van der Waals surface area contributed by atoms with E-state index in [0.29, 0.717) is 13.2 Å². The highest BCUT2D eigenvalue weighted by Crippen LogP contribution is 2.16. The zero-order valence-corrected chi connectivity index (χ0v) is 13.0. The molecule has 21 heavy (non-hydrogen) atoms. The Kier molecular flexibility index (Phi) is 6.19. The molecule has 5 heteroatoms. The van der Waals surface area contributed by atoms with Crippen molar-refractivity contribution >= 4 is 5.96 Å². The van der Waals surface area contributed by atoms with E-state index in [2.05, 4.69) is 22.1 Å².